The Hall–Kier alpha value is -2.58. The third-order valence-electron chi connectivity index (χ3n) is 3.18. The van der Waals surface area contributed by atoms with Crippen LogP contribution in [0.15, 0.2) is 35.4 Å². The monoisotopic (exact) mass is 342 g/mol. The van der Waals surface area contributed by atoms with Crippen LogP contribution >= 0.6 is 0 Å². The molecule has 2 rings (SSSR count). The second kappa shape index (κ2) is 6.14. The van der Waals surface area contributed by atoms with E-state index in [0.29, 0.717) is 0 Å². The van der Waals surface area contributed by atoms with Gasteiger partial charge in [0.1, 0.15) is 12.9 Å². The average molecular weight is 342 g/mol. The molecule has 1 heterocycles. The number of nitrogens with zero attached hydrogens (tertiary/aromatic N) is 3. The lowest BCUT2D eigenvalue weighted by Gasteiger charge is -2.16. The molecule has 0 atom stereocenters. The highest BCUT2D eigenvalue weighted by Gasteiger charge is 2.30. The predicted octanol–water partition coefficient (Wildman–Crippen LogP) is 2.46. The summed E-state index contributed by atoms with van der Waals surface area (Å²) in [5.41, 5.74) is -1.55. The molecule has 0 unspecified atom stereocenters. The molecule has 0 radical (unpaired) electrons. The van der Waals surface area contributed by atoms with Gasteiger partial charge in [0.05, 0.1) is 11.1 Å². The Morgan fingerprint density at radius 2 is 1.75 bits per heavy atom. The largest absolute Gasteiger partial charge is 0.416 e. The number of amides is 1. The summed E-state index contributed by atoms with van der Waals surface area (Å²) in [5.74, 6) is -0.537. The molecule has 1 N–H and O–H groups in total. The van der Waals surface area contributed by atoms with Crippen molar-refractivity contribution in [2.24, 2.45) is 0 Å². The number of rotatable bonds is 3. The van der Waals surface area contributed by atoms with E-state index in [0.717, 1.165) is 28.8 Å². The normalized spacial score (nSPS) is 12.2. The van der Waals surface area contributed by atoms with Crippen molar-refractivity contribution in [1.29, 1.82) is 0 Å². The molecule has 1 aromatic carbocycles. The second-order valence-corrected chi connectivity index (χ2v) is 6.25. The first-order valence-electron chi connectivity index (χ1n) is 7.10. The summed E-state index contributed by atoms with van der Waals surface area (Å²) in [6, 6.07) is 4.06. The predicted molar refractivity (Wildman–Crippen MR) is 81.6 cm³/mol. The minimum Gasteiger partial charge on any atom is -0.325 e. The molecule has 6 nitrogen and oxygen atoms in total. The topological polar surface area (TPSA) is 68.9 Å². The molecule has 0 bridgehead atoms. The van der Waals surface area contributed by atoms with Gasteiger partial charge in [-0.05, 0) is 45.0 Å². The van der Waals surface area contributed by atoms with Crippen LogP contribution in [0.2, 0.25) is 0 Å². The van der Waals surface area contributed by atoms with Crippen molar-refractivity contribution in [3.8, 4) is 0 Å². The average Bonchev–Trinajstić information content (AvgIpc) is 2.79. The van der Waals surface area contributed by atoms with Crippen LogP contribution in [0.3, 0.4) is 0 Å². The van der Waals surface area contributed by atoms with Crippen LogP contribution in [-0.4, -0.2) is 20.3 Å². The van der Waals surface area contributed by atoms with Crippen LogP contribution in [0.4, 0.5) is 18.9 Å². The maximum Gasteiger partial charge on any atom is 0.416 e. The van der Waals surface area contributed by atoms with Crippen molar-refractivity contribution in [2.75, 3.05) is 5.32 Å². The number of carbonyl (C=O) groups is 1. The summed E-state index contributed by atoms with van der Waals surface area (Å²) < 4.78 is 39.8. The Kier molecular flexibility index (Phi) is 4.54. The van der Waals surface area contributed by atoms with Gasteiger partial charge < -0.3 is 5.32 Å². The Bertz CT molecular complexity index is 783. The number of nitrogens with one attached hydrogen (secondary N) is 1. The van der Waals surface area contributed by atoms with Crippen LogP contribution in [0.1, 0.15) is 26.3 Å². The first-order chi connectivity index (χ1) is 11.0. The van der Waals surface area contributed by atoms with Gasteiger partial charge in [-0.15, -0.1) is 0 Å². The first kappa shape index (κ1) is 17.8. The van der Waals surface area contributed by atoms with Crippen LogP contribution in [-0.2, 0) is 23.1 Å². The lowest BCUT2D eigenvalue weighted by molar-refractivity contribution is -0.137. The van der Waals surface area contributed by atoms with Gasteiger partial charge in [-0.25, -0.2) is 9.48 Å². The van der Waals surface area contributed by atoms with Gasteiger partial charge in [-0.3, -0.25) is 9.36 Å². The number of hydrogen-bond acceptors (Lipinski definition) is 3. The van der Waals surface area contributed by atoms with E-state index < -0.39 is 28.9 Å². The fourth-order valence-electron chi connectivity index (χ4n) is 2.00. The minimum absolute atomic E-state index is 0.212. The Morgan fingerprint density at radius 1 is 1.17 bits per heavy atom. The molecule has 0 aliphatic carbocycles. The number of hydrogen-bond donors (Lipinski definition) is 1. The second-order valence-electron chi connectivity index (χ2n) is 6.25. The number of anilines is 1. The maximum absolute atomic E-state index is 12.5. The third-order valence-corrected chi connectivity index (χ3v) is 3.18. The smallest absolute Gasteiger partial charge is 0.325 e. The summed E-state index contributed by atoms with van der Waals surface area (Å²) in [4.78, 5) is 24.1. The van der Waals surface area contributed by atoms with E-state index in [2.05, 4.69) is 10.4 Å². The van der Waals surface area contributed by atoms with Gasteiger partial charge in [0, 0.05) is 5.69 Å². The SMILES string of the molecule is CC(C)(C)n1ncn(CC(=O)Nc2ccc(C(F)(F)F)cc2)c1=O. The number of aromatic nitrogens is 3. The number of benzene rings is 1. The molecule has 0 aliphatic rings. The summed E-state index contributed by atoms with van der Waals surface area (Å²) in [5, 5.41) is 6.39. The van der Waals surface area contributed by atoms with Crippen LogP contribution in [0.25, 0.3) is 0 Å². The zero-order valence-electron chi connectivity index (χ0n) is 13.4. The third kappa shape index (κ3) is 4.03. The van der Waals surface area contributed by atoms with E-state index in [1.807, 2.05) is 0 Å². The van der Waals surface area contributed by atoms with Crippen molar-refractivity contribution in [1.82, 2.24) is 14.3 Å². The summed E-state index contributed by atoms with van der Waals surface area (Å²) in [6.45, 7) is 5.12. The van der Waals surface area contributed by atoms with E-state index >= 15 is 0 Å². The highest BCUT2D eigenvalue weighted by Crippen LogP contribution is 2.29. The Morgan fingerprint density at radius 3 is 2.21 bits per heavy atom. The lowest BCUT2D eigenvalue weighted by atomic mass is 10.1. The number of alkyl halides is 3. The molecule has 2 aromatic rings. The highest BCUT2D eigenvalue weighted by molar-refractivity contribution is 5.90. The standard InChI is InChI=1S/C15H17F3N4O2/c1-14(2,3)22-13(24)21(9-19-22)8-12(23)20-11-6-4-10(5-7-11)15(16,17)18/h4-7,9H,8H2,1-3H3,(H,20,23). The van der Waals surface area contributed by atoms with Crippen LogP contribution in [0, 0.1) is 0 Å². The first-order valence-corrected chi connectivity index (χ1v) is 7.10. The molecule has 0 saturated heterocycles. The van der Waals surface area contributed by atoms with Crippen molar-refractivity contribution >= 4 is 11.6 Å². The Balaban J connectivity index is 2.07. The van der Waals surface area contributed by atoms with E-state index in [1.54, 1.807) is 20.8 Å². The van der Waals surface area contributed by atoms with Crippen molar-refractivity contribution in [3.05, 3.63) is 46.6 Å². The van der Waals surface area contributed by atoms with Gasteiger partial charge in [-0.1, -0.05) is 0 Å². The van der Waals surface area contributed by atoms with Gasteiger partial charge in [0.25, 0.3) is 0 Å². The summed E-state index contributed by atoms with van der Waals surface area (Å²) in [7, 11) is 0. The fourth-order valence-corrected chi connectivity index (χ4v) is 2.00. The molecular formula is C15H17F3N4O2. The molecule has 0 saturated carbocycles. The summed E-state index contributed by atoms with van der Waals surface area (Å²) in [6.07, 6.45) is -3.18. The van der Waals surface area contributed by atoms with Gasteiger partial charge in [0.2, 0.25) is 5.91 Å². The molecule has 1 aromatic heterocycles. The zero-order valence-corrected chi connectivity index (χ0v) is 13.4. The molecule has 130 valence electrons. The molecule has 0 fully saturated rings. The van der Waals surface area contributed by atoms with Gasteiger partial charge >= 0.3 is 11.9 Å². The Labute approximate surface area is 135 Å². The quantitative estimate of drug-likeness (QED) is 0.932. The van der Waals surface area contributed by atoms with E-state index in [-0.39, 0.29) is 12.2 Å². The molecule has 9 heteroatoms. The van der Waals surface area contributed by atoms with Crippen LogP contribution in [0.5, 0.6) is 0 Å². The molecule has 0 aliphatic heterocycles. The highest BCUT2D eigenvalue weighted by atomic mass is 19.4. The van der Waals surface area contributed by atoms with Crippen LogP contribution < -0.4 is 11.0 Å². The molecule has 1 amide bonds. The van der Waals surface area contributed by atoms with E-state index in [4.69, 9.17) is 0 Å². The fraction of sp³-hybridized carbons (Fsp3) is 0.400. The van der Waals surface area contributed by atoms with E-state index in [1.165, 1.54) is 11.0 Å². The van der Waals surface area contributed by atoms with Gasteiger partial charge in [0.15, 0.2) is 0 Å². The minimum atomic E-state index is -4.43. The molecule has 0 spiro atoms. The summed E-state index contributed by atoms with van der Waals surface area (Å²) >= 11 is 0. The molecule has 24 heavy (non-hydrogen) atoms. The number of carbonyl (C=O) groups excluding carboxylic acids is 1. The van der Waals surface area contributed by atoms with E-state index in [9.17, 15) is 22.8 Å². The lowest BCUT2D eigenvalue weighted by Crippen LogP contribution is -2.37. The number of halogens is 3. The van der Waals surface area contributed by atoms with Crippen molar-refractivity contribution in [3.63, 3.8) is 0 Å². The van der Waals surface area contributed by atoms with Crippen molar-refractivity contribution in [2.45, 2.75) is 39.0 Å². The van der Waals surface area contributed by atoms with Crippen molar-refractivity contribution < 1.29 is 18.0 Å². The maximum atomic E-state index is 12.5. The zero-order chi connectivity index (χ0) is 18.1. The van der Waals surface area contributed by atoms with Gasteiger partial charge in [-0.2, -0.15) is 18.3 Å². The molecular weight excluding hydrogens is 325 g/mol.